The van der Waals surface area contributed by atoms with Crippen molar-refractivity contribution < 1.29 is 23.7 Å². The lowest BCUT2D eigenvalue weighted by Crippen LogP contribution is -2.21. The van der Waals surface area contributed by atoms with E-state index in [0.29, 0.717) is 25.5 Å². The molecule has 158 valence electrons. The molecule has 2 aromatic rings. The molecule has 0 radical (unpaired) electrons. The number of carbonyl (C=O) groups excluding carboxylic acids is 1. The molecule has 0 saturated heterocycles. The van der Waals surface area contributed by atoms with Crippen LogP contribution in [0.25, 0.3) is 0 Å². The second-order valence-corrected chi connectivity index (χ2v) is 6.53. The second-order valence-electron chi connectivity index (χ2n) is 6.53. The number of hydrogen-bond acceptors (Lipinski definition) is 6. The van der Waals surface area contributed by atoms with Crippen molar-refractivity contribution in [2.45, 2.75) is 39.7 Å². The van der Waals surface area contributed by atoms with E-state index in [1.165, 1.54) is 6.07 Å². The van der Waals surface area contributed by atoms with Gasteiger partial charge in [-0.15, -0.1) is 0 Å². The number of methoxy groups -OCH3 is 1. The zero-order valence-corrected chi connectivity index (χ0v) is 17.3. The molecule has 0 unspecified atom stereocenters. The maximum atomic E-state index is 12.1. The lowest BCUT2D eigenvalue weighted by molar-refractivity contribution is -0.146. The smallest absolute Gasteiger partial charge is 0.344 e. The Bertz CT molecular complexity index is 828. The first-order valence-corrected chi connectivity index (χ1v) is 9.80. The minimum atomic E-state index is -0.474. The number of esters is 1. The van der Waals surface area contributed by atoms with Crippen LogP contribution in [0, 0.1) is 6.92 Å². The van der Waals surface area contributed by atoms with Gasteiger partial charge in [-0.25, -0.2) is 4.79 Å². The van der Waals surface area contributed by atoms with Gasteiger partial charge in [-0.2, -0.15) is 0 Å². The van der Waals surface area contributed by atoms with E-state index < -0.39 is 5.97 Å². The Kier molecular flexibility index (Phi) is 9.08. The van der Waals surface area contributed by atoms with Crippen molar-refractivity contribution in [3.8, 4) is 17.2 Å². The first-order chi connectivity index (χ1) is 14.0. The van der Waals surface area contributed by atoms with E-state index in [2.05, 4.69) is 6.92 Å². The Balaban J connectivity index is 1.88. The largest absolute Gasteiger partial charge is 0.497 e. The molecule has 1 heterocycles. The van der Waals surface area contributed by atoms with E-state index in [4.69, 9.17) is 18.9 Å². The molecule has 0 aliphatic rings. The summed E-state index contributed by atoms with van der Waals surface area (Å²) in [5.74, 6) is 1.17. The van der Waals surface area contributed by atoms with Gasteiger partial charge >= 0.3 is 5.97 Å². The Labute approximate surface area is 171 Å². The Morgan fingerprint density at radius 1 is 1.00 bits per heavy atom. The quantitative estimate of drug-likeness (QED) is 0.400. The van der Waals surface area contributed by atoms with E-state index in [-0.39, 0.29) is 17.8 Å². The normalized spacial score (nSPS) is 10.4. The number of benzene rings is 1. The van der Waals surface area contributed by atoms with Crippen molar-refractivity contribution >= 4 is 5.97 Å². The number of hydrogen-bond donors (Lipinski definition) is 0. The minimum absolute atomic E-state index is 0.155. The fourth-order valence-electron chi connectivity index (χ4n) is 2.72. The molecule has 0 aliphatic heterocycles. The van der Waals surface area contributed by atoms with Crippen LogP contribution in [0.4, 0.5) is 0 Å². The zero-order chi connectivity index (χ0) is 21.1. The molecule has 2 rings (SSSR count). The molecule has 0 atom stereocenters. The molecule has 0 spiro atoms. The third-order valence-electron chi connectivity index (χ3n) is 4.39. The van der Waals surface area contributed by atoms with Gasteiger partial charge in [-0.05, 0) is 37.6 Å². The minimum Gasteiger partial charge on any atom is -0.497 e. The first kappa shape index (κ1) is 22.3. The van der Waals surface area contributed by atoms with Gasteiger partial charge in [0.25, 0.3) is 0 Å². The average molecular weight is 403 g/mol. The molecule has 29 heavy (non-hydrogen) atoms. The highest BCUT2D eigenvalue weighted by molar-refractivity contribution is 5.71. The van der Waals surface area contributed by atoms with Gasteiger partial charge in [0, 0.05) is 12.3 Å². The predicted octanol–water partition coefficient (Wildman–Crippen LogP) is 3.36. The van der Waals surface area contributed by atoms with E-state index in [1.807, 2.05) is 28.8 Å². The van der Waals surface area contributed by atoms with Crippen LogP contribution >= 0.6 is 0 Å². The summed E-state index contributed by atoms with van der Waals surface area (Å²) in [6.45, 7) is 4.88. The molecule has 0 fully saturated rings. The fourth-order valence-corrected chi connectivity index (χ4v) is 2.72. The number of aromatic nitrogens is 1. The van der Waals surface area contributed by atoms with Crippen molar-refractivity contribution in [2.75, 3.05) is 26.9 Å². The van der Waals surface area contributed by atoms with Crippen molar-refractivity contribution in [1.29, 1.82) is 0 Å². The van der Waals surface area contributed by atoms with E-state index in [9.17, 15) is 9.59 Å². The molecule has 0 bridgehead atoms. The molecule has 1 aromatic heterocycles. The summed E-state index contributed by atoms with van der Waals surface area (Å²) in [5, 5.41) is 0. The van der Waals surface area contributed by atoms with Crippen molar-refractivity contribution in [1.82, 2.24) is 4.57 Å². The van der Waals surface area contributed by atoms with Gasteiger partial charge in [-0.1, -0.05) is 19.8 Å². The Morgan fingerprint density at radius 3 is 2.41 bits per heavy atom. The molecule has 0 aliphatic carbocycles. The Hall–Kier alpha value is -2.96. The molecular formula is C22H29NO6. The highest BCUT2D eigenvalue weighted by Crippen LogP contribution is 2.17. The SMILES string of the molecule is CCCCCOC(=O)COc1c(C)n(CCOc2ccc(OC)cc2)ccc1=O. The number of ether oxygens (including phenoxy) is 4. The third kappa shape index (κ3) is 7.18. The van der Waals surface area contributed by atoms with Crippen molar-refractivity contribution in [3.63, 3.8) is 0 Å². The average Bonchev–Trinajstić information content (AvgIpc) is 2.73. The molecule has 0 saturated carbocycles. The van der Waals surface area contributed by atoms with E-state index >= 15 is 0 Å². The summed E-state index contributed by atoms with van der Waals surface area (Å²) in [6, 6.07) is 8.73. The van der Waals surface area contributed by atoms with Gasteiger partial charge < -0.3 is 23.5 Å². The highest BCUT2D eigenvalue weighted by Gasteiger charge is 2.12. The van der Waals surface area contributed by atoms with Gasteiger partial charge in [0.1, 0.15) is 18.1 Å². The molecular weight excluding hydrogens is 374 g/mol. The van der Waals surface area contributed by atoms with Gasteiger partial charge in [0.15, 0.2) is 12.4 Å². The van der Waals surface area contributed by atoms with Crippen LogP contribution in [0.2, 0.25) is 0 Å². The molecule has 7 nitrogen and oxygen atoms in total. The number of unbranched alkanes of at least 4 members (excludes halogenated alkanes) is 2. The second kappa shape index (κ2) is 11.8. The van der Waals surface area contributed by atoms with Crippen LogP contribution in [-0.2, 0) is 16.1 Å². The third-order valence-corrected chi connectivity index (χ3v) is 4.39. The molecule has 0 N–H and O–H groups in total. The monoisotopic (exact) mass is 403 g/mol. The van der Waals surface area contributed by atoms with Crippen LogP contribution in [-0.4, -0.2) is 37.5 Å². The van der Waals surface area contributed by atoms with E-state index in [1.54, 1.807) is 20.2 Å². The van der Waals surface area contributed by atoms with Crippen LogP contribution in [0.3, 0.4) is 0 Å². The van der Waals surface area contributed by atoms with Crippen LogP contribution < -0.4 is 19.6 Å². The van der Waals surface area contributed by atoms with Crippen LogP contribution in [0.5, 0.6) is 17.2 Å². The van der Waals surface area contributed by atoms with Crippen LogP contribution in [0.15, 0.2) is 41.3 Å². The summed E-state index contributed by atoms with van der Waals surface area (Å²) in [4.78, 5) is 23.9. The summed E-state index contributed by atoms with van der Waals surface area (Å²) >= 11 is 0. The highest BCUT2D eigenvalue weighted by atomic mass is 16.6. The maximum absolute atomic E-state index is 12.1. The van der Waals surface area contributed by atoms with Gasteiger partial charge in [0.05, 0.1) is 26.0 Å². The maximum Gasteiger partial charge on any atom is 0.344 e. The summed E-state index contributed by atoms with van der Waals surface area (Å²) in [6.07, 6.45) is 4.58. The lowest BCUT2D eigenvalue weighted by atomic mass is 10.3. The van der Waals surface area contributed by atoms with Gasteiger partial charge in [0.2, 0.25) is 5.43 Å². The van der Waals surface area contributed by atoms with Crippen LogP contribution in [0.1, 0.15) is 31.9 Å². The molecule has 7 heteroatoms. The Morgan fingerprint density at radius 2 is 1.72 bits per heavy atom. The fraction of sp³-hybridized carbons (Fsp3) is 0.455. The summed E-state index contributed by atoms with van der Waals surface area (Å²) < 4.78 is 23.3. The topological polar surface area (TPSA) is 76.0 Å². The molecule has 0 amide bonds. The predicted molar refractivity (Wildman–Crippen MR) is 110 cm³/mol. The van der Waals surface area contributed by atoms with Crippen molar-refractivity contribution in [2.24, 2.45) is 0 Å². The summed E-state index contributed by atoms with van der Waals surface area (Å²) in [5.41, 5.74) is 0.364. The molecule has 1 aromatic carbocycles. The van der Waals surface area contributed by atoms with Gasteiger partial charge in [-0.3, -0.25) is 4.79 Å². The first-order valence-electron chi connectivity index (χ1n) is 9.80. The zero-order valence-electron chi connectivity index (χ0n) is 17.3. The number of rotatable bonds is 12. The van der Waals surface area contributed by atoms with Crippen molar-refractivity contribution in [3.05, 3.63) is 52.4 Å². The van der Waals surface area contributed by atoms with E-state index in [0.717, 1.165) is 30.8 Å². The summed E-state index contributed by atoms with van der Waals surface area (Å²) in [7, 11) is 1.61. The number of pyridine rings is 1. The standard InChI is InChI=1S/C22H29NO6/c1-4-5-6-14-28-21(25)16-29-22-17(2)23(12-11-20(22)24)13-15-27-19-9-7-18(26-3)8-10-19/h7-12H,4-6,13-16H2,1-3H3. The number of carbonyl (C=O) groups is 1. The number of nitrogens with zero attached hydrogens (tertiary/aromatic N) is 1. The lowest BCUT2D eigenvalue weighted by Gasteiger charge is -2.15.